The quantitative estimate of drug-likeness (QED) is 0.0669. The van der Waals surface area contributed by atoms with Crippen LogP contribution in [0.15, 0.2) is 11.6 Å². The number of nitrogens with one attached hydrogen (secondary N) is 2. The van der Waals surface area contributed by atoms with Crippen LogP contribution in [0.3, 0.4) is 0 Å². The van der Waals surface area contributed by atoms with Gasteiger partial charge in [-0.05, 0) is 115 Å². The van der Waals surface area contributed by atoms with Gasteiger partial charge in [-0.2, -0.15) is 0 Å². The fourth-order valence-corrected chi connectivity index (χ4v) is 13.7. The summed E-state index contributed by atoms with van der Waals surface area (Å²) in [7, 11) is 0. The summed E-state index contributed by atoms with van der Waals surface area (Å²) >= 11 is 0. The zero-order valence-corrected chi connectivity index (χ0v) is 35.4. The number of carbonyl (C=O) groups excluding carboxylic acids is 1. The fraction of sp³-hybridized carbons (Fsp3) is 0.911. The monoisotopic (exact) mass is 773 g/mol. The summed E-state index contributed by atoms with van der Waals surface area (Å²) in [5.74, 6) is 0.265. The van der Waals surface area contributed by atoms with Crippen LogP contribution >= 0.6 is 0 Å². The number of hydrogen-bond donors (Lipinski definition) is 6. The summed E-state index contributed by atoms with van der Waals surface area (Å²) in [4.78, 5) is 26.2. The Morgan fingerprint density at radius 1 is 0.873 bits per heavy atom. The molecule has 6 aliphatic rings. The second-order valence-corrected chi connectivity index (χ2v) is 21.1. The lowest BCUT2D eigenvalue weighted by Gasteiger charge is -2.71. The van der Waals surface area contributed by atoms with E-state index in [9.17, 15) is 30.0 Å². The molecule has 1 aliphatic heterocycles. The van der Waals surface area contributed by atoms with Crippen LogP contribution in [-0.2, 0) is 14.3 Å². The van der Waals surface area contributed by atoms with Gasteiger partial charge in [-0.3, -0.25) is 4.79 Å². The number of aliphatic carboxylic acids is 1. The van der Waals surface area contributed by atoms with Crippen molar-refractivity contribution in [2.24, 2.45) is 50.2 Å². The van der Waals surface area contributed by atoms with Gasteiger partial charge < -0.3 is 40.5 Å². The van der Waals surface area contributed by atoms with Gasteiger partial charge in [0.1, 0.15) is 24.4 Å². The van der Waals surface area contributed by atoms with Crippen molar-refractivity contribution in [1.82, 2.24) is 10.6 Å². The second-order valence-electron chi connectivity index (χ2n) is 21.1. The van der Waals surface area contributed by atoms with Gasteiger partial charge in [-0.1, -0.05) is 99.1 Å². The predicted octanol–water partition coefficient (Wildman–Crippen LogP) is 7.73. The Hall–Kier alpha value is -1.72. The second kappa shape index (κ2) is 15.8. The Morgan fingerprint density at radius 3 is 2.25 bits per heavy atom. The molecular formula is C45H76N2O8. The Kier molecular flexibility index (Phi) is 12.3. The summed E-state index contributed by atoms with van der Waals surface area (Å²) in [6.45, 7) is 19.0. The van der Waals surface area contributed by atoms with E-state index in [1.165, 1.54) is 24.8 Å². The van der Waals surface area contributed by atoms with E-state index in [1.54, 1.807) is 0 Å². The molecule has 5 fully saturated rings. The van der Waals surface area contributed by atoms with Crippen LogP contribution < -0.4 is 10.6 Å². The van der Waals surface area contributed by atoms with E-state index < -0.39 is 54.7 Å². The largest absolute Gasteiger partial charge is 0.481 e. The summed E-state index contributed by atoms with van der Waals surface area (Å²) in [6.07, 6.45) is 13.2. The van der Waals surface area contributed by atoms with Crippen molar-refractivity contribution in [3.05, 3.63) is 11.6 Å². The topological polar surface area (TPSA) is 158 Å². The number of urea groups is 1. The molecule has 0 aromatic heterocycles. The molecule has 5 aliphatic carbocycles. The minimum Gasteiger partial charge on any atom is -0.481 e. The zero-order chi connectivity index (χ0) is 40.2. The summed E-state index contributed by atoms with van der Waals surface area (Å²) < 4.78 is 13.0. The highest BCUT2D eigenvalue weighted by atomic mass is 16.7. The first-order chi connectivity index (χ1) is 25.8. The molecule has 0 radical (unpaired) electrons. The first-order valence-electron chi connectivity index (χ1n) is 22.1. The van der Waals surface area contributed by atoms with Crippen LogP contribution in [0.4, 0.5) is 4.79 Å². The summed E-state index contributed by atoms with van der Waals surface area (Å²) in [6, 6.07) is -1.46. The Morgan fingerprint density at radius 2 is 1.56 bits per heavy atom. The third-order valence-electron chi connectivity index (χ3n) is 17.3. The van der Waals surface area contributed by atoms with Crippen molar-refractivity contribution in [3.63, 3.8) is 0 Å². The highest BCUT2D eigenvalue weighted by Crippen LogP contribution is 2.76. The van der Waals surface area contributed by atoms with E-state index in [0.29, 0.717) is 18.4 Å². The van der Waals surface area contributed by atoms with Crippen LogP contribution in [0.25, 0.3) is 0 Å². The molecule has 0 aromatic carbocycles. The lowest BCUT2D eigenvalue weighted by molar-refractivity contribution is -0.306. The minimum absolute atomic E-state index is 0.0272. The molecule has 6 N–H and O–H groups in total. The minimum atomic E-state index is -1.38. The SMILES string of the molecule is CCCCCCCCNC(=O)N[C@H]1[C@H](O[C@H]2CC[C@]3(C)[C@H]4CC=C5[C@@H]6CC(C)(C)CC[C@]6(C(=O)O)CC[C@@]5(C)[C@]4(C)CC[C@H]3C2(C)C)O[C@H](CO)[C@@H](O)[C@@H]1O. The number of aliphatic hydroxyl groups is 3. The number of allylic oxidation sites excluding steroid dienone is 2. The first kappa shape index (κ1) is 42.9. The average Bonchev–Trinajstić information content (AvgIpc) is 3.11. The number of ether oxygens (including phenoxy) is 2. The van der Waals surface area contributed by atoms with Crippen molar-refractivity contribution in [3.8, 4) is 0 Å². The predicted molar refractivity (Wildman–Crippen MR) is 213 cm³/mol. The standard InChI is InChI=1S/C45H76N2O8/c1-9-10-11-12-13-14-25-46-39(53)47-34-36(50)35(49)30(27-48)54-37(34)55-33-18-19-42(6)31(41(33,4)5)17-20-44(8)32(42)16-15-28-29-26-40(2,3)21-23-45(29,38(51)52)24-22-43(28,44)7/h15,29-37,48-50H,9-14,16-27H2,1-8H3,(H,51,52)(H2,46,47,53)/t29-,30+,31-,32+,33-,34+,35+,36+,37-,42-,43+,44+,45-/m0/s1. The molecule has 10 heteroatoms. The summed E-state index contributed by atoms with van der Waals surface area (Å²) in [5, 5.41) is 48.7. The lowest BCUT2D eigenvalue weighted by atomic mass is 9.33. The normalized spacial score (nSPS) is 44.5. The molecule has 314 valence electrons. The zero-order valence-electron chi connectivity index (χ0n) is 35.4. The first-order valence-corrected chi connectivity index (χ1v) is 22.1. The van der Waals surface area contributed by atoms with Crippen LogP contribution in [0, 0.1) is 50.2 Å². The molecule has 2 amide bonds. The number of hydrogen-bond acceptors (Lipinski definition) is 7. The van der Waals surface area contributed by atoms with Crippen LogP contribution in [0.5, 0.6) is 0 Å². The maximum atomic E-state index is 13.1. The van der Waals surface area contributed by atoms with Crippen LogP contribution in [0.2, 0.25) is 0 Å². The van der Waals surface area contributed by atoms with Crippen LogP contribution in [-0.4, -0.2) is 82.3 Å². The molecule has 0 unspecified atom stereocenters. The third-order valence-corrected chi connectivity index (χ3v) is 17.3. The molecule has 4 saturated carbocycles. The highest BCUT2D eigenvalue weighted by molar-refractivity contribution is 5.76. The summed E-state index contributed by atoms with van der Waals surface area (Å²) in [5.41, 5.74) is 0.654. The Bertz CT molecular complexity index is 1430. The van der Waals surface area contributed by atoms with Gasteiger partial charge in [0.15, 0.2) is 6.29 Å². The van der Waals surface area contributed by atoms with Crippen molar-refractivity contribution in [2.75, 3.05) is 13.2 Å². The maximum Gasteiger partial charge on any atom is 0.315 e. The van der Waals surface area contributed by atoms with Gasteiger partial charge >= 0.3 is 12.0 Å². The van der Waals surface area contributed by atoms with Gasteiger partial charge in [0.25, 0.3) is 0 Å². The number of aliphatic hydroxyl groups excluding tert-OH is 3. The molecular weight excluding hydrogens is 697 g/mol. The maximum absolute atomic E-state index is 13.1. The number of carbonyl (C=O) groups is 2. The van der Waals surface area contributed by atoms with Crippen molar-refractivity contribution in [1.29, 1.82) is 0 Å². The number of unbranched alkanes of at least 4 members (excludes halogenated alkanes) is 5. The fourth-order valence-electron chi connectivity index (χ4n) is 13.7. The molecule has 0 bridgehead atoms. The number of carboxylic acids is 1. The van der Waals surface area contributed by atoms with Gasteiger partial charge in [0, 0.05) is 6.54 Å². The molecule has 10 nitrogen and oxygen atoms in total. The van der Waals surface area contributed by atoms with E-state index in [2.05, 4.69) is 72.1 Å². The van der Waals surface area contributed by atoms with E-state index in [1.807, 2.05) is 0 Å². The van der Waals surface area contributed by atoms with Crippen molar-refractivity contribution in [2.45, 2.75) is 195 Å². The van der Waals surface area contributed by atoms with Gasteiger partial charge in [0.2, 0.25) is 0 Å². The van der Waals surface area contributed by atoms with Crippen molar-refractivity contribution < 1.29 is 39.5 Å². The molecule has 0 spiro atoms. The molecule has 13 atom stereocenters. The Labute approximate surface area is 331 Å². The number of fused-ring (bicyclic) bond motifs is 7. The molecule has 55 heavy (non-hydrogen) atoms. The molecule has 6 rings (SSSR count). The van der Waals surface area contributed by atoms with Gasteiger partial charge in [0.05, 0.1) is 18.1 Å². The van der Waals surface area contributed by atoms with Gasteiger partial charge in [-0.15, -0.1) is 0 Å². The number of carboxylic acid groups (broad SMARTS) is 1. The van der Waals surface area contributed by atoms with Crippen LogP contribution in [0.1, 0.15) is 158 Å². The van der Waals surface area contributed by atoms with E-state index in [-0.39, 0.29) is 39.1 Å². The third kappa shape index (κ3) is 7.33. The number of rotatable bonds is 12. The van der Waals surface area contributed by atoms with E-state index in [0.717, 1.165) is 83.5 Å². The molecule has 1 heterocycles. The smallest absolute Gasteiger partial charge is 0.315 e. The van der Waals surface area contributed by atoms with Crippen molar-refractivity contribution >= 4 is 12.0 Å². The van der Waals surface area contributed by atoms with E-state index in [4.69, 9.17) is 9.47 Å². The number of amides is 2. The molecule has 1 saturated heterocycles. The van der Waals surface area contributed by atoms with Gasteiger partial charge in [-0.25, -0.2) is 4.79 Å². The molecule has 0 aromatic rings. The van der Waals surface area contributed by atoms with E-state index >= 15 is 0 Å². The Balaban J connectivity index is 1.19. The highest BCUT2D eigenvalue weighted by Gasteiger charge is 2.69. The average molecular weight is 773 g/mol. The lowest BCUT2D eigenvalue weighted by Crippen LogP contribution is -2.68.